The third-order valence-electron chi connectivity index (χ3n) is 4.36. The van der Waals surface area contributed by atoms with Crippen molar-refractivity contribution in [3.63, 3.8) is 0 Å². The number of ether oxygens (including phenoxy) is 1. The molecule has 1 saturated carbocycles. The summed E-state index contributed by atoms with van der Waals surface area (Å²) in [6, 6.07) is 0. The average Bonchev–Trinajstić information content (AvgIpc) is 2.82. The van der Waals surface area contributed by atoms with Gasteiger partial charge in [0, 0.05) is 24.9 Å². The monoisotopic (exact) mass is 273 g/mol. The zero-order valence-electron chi connectivity index (χ0n) is 11.2. The van der Waals surface area contributed by atoms with Gasteiger partial charge >= 0.3 is 0 Å². The van der Waals surface area contributed by atoms with Crippen molar-refractivity contribution in [3.05, 3.63) is 0 Å². The fraction of sp³-hybridized carbons (Fsp3) is 0.929. The highest BCUT2D eigenvalue weighted by atomic mass is 35.5. The fourth-order valence-electron chi connectivity index (χ4n) is 3.20. The van der Waals surface area contributed by atoms with Gasteiger partial charge in [-0.25, -0.2) is 0 Å². The number of likely N-dealkylation sites (tertiary alicyclic amines) is 1. The molecule has 0 N–H and O–H groups in total. The predicted molar refractivity (Wildman–Crippen MR) is 72.8 cm³/mol. The van der Waals surface area contributed by atoms with Gasteiger partial charge in [-0.3, -0.25) is 4.79 Å². The molecule has 3 nitrogen and oxygen atoms in total. The summed E-state index contributed by atoms with van der Waals surface area (Å²) in [5, 5.41) is 0. The van der Waals surface area contributed by atoms with Crippen molar-refractivity contribution in [2.45, 2.75) is 45.1 Å². The summed E-state index contributed by atoms with van der Waals surface area (Å²) in [5.74, 6) is 1.79. The van der Waals surface area contributed by atoms with Gasteiger partial charge in [0.2, 0.25) is 5.91 Å². The largest absolute Gasteiger partial charge is 0.377 e. The number of hydrogen-bond donors (Lipinski definition) is 0. The maximum atomic E-state index is 12.4. The Labute approximate surface area is 115 Å². The molecule has 0 aromatic carbocycles. The lowest BCUT2D eigenvalue weighted by atomic mass is 9.95. The van der Waals surface area contributed by atoms with E-state index < -0.39 is 0 Å². The highest BCUT2D eigenvalue weighted by Crippen LogP contribution is 2.33. The number of rotatable bonds is 4. The molecule has 104 valence electrons. The van der Waals surface area contributed by atoms with E-state index in [0.29, 0.717) is 30.4 Å². The maximum absolute atomic E-state index is 12.4. The summed E-state index contributed by atoms with van der Waals surface area (Å²) in [4.78, 5) is 14.4. The molecule has 1 saturated heterocycles. The Bertz CT molecular complexity index is 277. The molecule has 2 unspecified atom stereocenters. The van der Waals surface area contributed by atoms with Crippen LogP contribution in [0.2, 0.25) is 0 Å². The van der Waals surface area contributed by atoms with E-state index in [1.54, 1.807) is 0 Å². The number of piperidine rings is 1. The van der Waals surface area contributed by atoms with Crippen molar-refractivity contribution < 1.29 is 9.53 Å². The molecule has 2 atom stereocenters. The van der Waals surface area contributed by atoms with Crippen LogP contribution in [0.15, 0.2) is 0 Å². The number of halogens is 1. The molecule has 2 aliphatic rings. The summed E-state index contributed by atoms with van der Waals surface area (Å²) in [6.45, 7) is 4.55. The minimum Gasteiger partial charge on any atom is -0.377 e. The van der Waals surface area contributed by atoms with Crippen LogP contribution >= 0.6 is 11.6 Å². The molecule has 0 aromatic heterocycles. The Hall–Kier alpha value is -0.280. The predicted octanol–water partition coefficient (Wildman–Crippen LogP) is 2.67. The van der Waals surface area contributed by atoms with Gasteiger partial charge < -0.3 is 9.64 Å². The molecule has 0 bridgehead atoms. The number of hydrogen-bond acceptors (Lipinski definition) is 2. The second-order valence-electron chi connectivity index (χ2n) is 5.60. The zero-order valence-corrected chi connectivity index (χ0v) is 12.0. The van der Waals surface area contributed by atoms with Gasteiger partial charge in [0.25, 0.3) is 0 Å². The first kappa shape index (κ1) is 14.1. The third-order valence-corrected chi connectivity index (χ3v) is 4.52. The van der Waals surface area contributed by atoms with Gasteiger partial charge in [-0.1, -0.05) is 13.3 Å². The summed E-state index contributed by atoms with van der Waals surface area (Å²) in [6.07, 6.45) is 5.74. The molecule has 1 heterocycles. The Balaban J connectivity index is 1.77. The smallest absolute Gasteiger partial charge is 0.225 e. The molecular formula is C14H24ClNO2. The minimum atomic E-state index is 0.283. The summed E-state index contributed by atoms with van der Waals surface area (Å²) in [5.41, 5.74) is 0. The Kier molecular flexibility index (Phi) is 5.31. The van der Waals surface area contributed by atoms with Crippen molar-refractivity contribution in [1.29, 1.82) is 0 Å². The van der Waals surface area contributed by atoms with Gasteiger partial charge in [0.1, 0.15) is 0 Å². The second kappa shape index (κ2) is 6.76. The third kappa shape index (κ3) is 3.39. The van der Waals surface area contributed by atoms with Crippen molar-refractivity contribution in [3.8, 4) is 0 Å². The Morgan fingerprint density at radius 1 is 1.28 bits per heavy atom. The molecular weight excluding hydrogens is 250 g/mol. The average molecular weight is 274 g/mol. The van der Waals surface area contributed by atoms with Gasteiger partial charge in [0.15, 0.2) is 0 Å². The van der Waals surface area contributed by atoms with Gasteiger partial charge in [0.05, 0.1) is 12.7 Å². The molecule has 2 rings (SSSR count). The van der Waals surface area contributed by atoms with E-state index in [1.807, 2.05) is 4.90 Å². The van der Waals surface area contributed by atoms with Crippen molar-refractivity contribution in [2.24, 2.45) is 11.8 Å². The molecule has 1 aliphatic carbocycles. The van der Waals surface area contributed by atoms with E-state index in [4.69, 9.17) is 16.3 Å². The van der Waals surface area contributed by atoms with Crippen molar-refractivity contribution in [1.82, 2.24) is 4.90 Å². The Morgan fingerprint density at radius 3 is 2.56 bits per heavy atom. The van der Waals surface area contributed by atoms with E-state index in [2.05, 4.69) is 6.92 Å². The lowest BCUT2D eigenvalue weighted by Gasteiger charge is -2.34. The first-order valence-corrected chi connectivity index (χ1v) is 7.72. The molecule has 0 radical (unpaired) electrons. The van der Waals surface area contributed by atoms with Crippen LogP contribution in [0.3, 0.4) is 0 Å². The molecule has 1 amide bonds. The first-order valence-electron chi connectivity index (χ1n) is 7.18. The molecule has 18 heavy (non-hydrogen) atoms. The topological polar surface area (TPSA) is 29.5 Å². The van der Waals surface area contributed by atoms with Gasteiger partial charge in [-0.05, 0) is 31.6 Å². The second-order valence-corrected chi connectivity index (χ2v) is 5.98. The number of carbonyl (C=O) groups excluding carboxylic acids is 1. The highest BCUT2D eigenvalue weighted by molar-refractivity contribution is 6.17. The van der Waals surface area contributed by atoms with Crippen LogP contribution in [0.25, 0.3) is 0 Å². The van der Waals surface area contributed by atoms with E-state index in [-0.39, 0.29) is 5.92 Å². The first-order chi connectivity index (χ1) is 8.72. The molecule has 1 aliphatic heterocycles. The quantitative estimate of drug-likeness (QED) is 0.737. The Morgan fingerprint density at radius 2 is 2.00 bits per heavy atom. The van der Waals surface area contributed by atoms with E-state index in [9.17, 15) is 4.79 Å². The number of amides is 1. The van der Waals surface area contributed by atoms with Crippen LogP contribution in [0.4, 0.5) is 0 Å². The lowest BCUT2D eigenvalue weighted by Crippen LogP contribution is -2.44. The van der Waals surface area contributed by atoms with Gasteiger partial charge in [-0.2, -0.15) is 0 Å². The van der Waals surface area contributed by atoms with E-state index >= 15 is 0 Å². The van der Waals surface area contributed by atoms with Crippen LogP contribution in [-0.4, -0.2) is 42.5 Å². The maximum Gasteiger partial charge on any atom is 0.225 e. The van der Waals surface area contributed by atoms with Crippen molar-refractivity contribution in [2.75, 3.05) is 25.6 Å². The number of nitrogens with zero attached hydrogens (tertiary/aromatic N) is 1. The molecule has 0 aromatic rings. The zero-order chi connectivity index (χ0) is 13.0. The van der Waals surface area contributed by atoms with Crippen LogP contribution in [0, 0.1) is 11.8 Å². The summed E-state index contributed by atoms with van der Waals surface area (Å²) < 4.78 is 5.64. The number of alkyl halides is 1. The standard InChI is InChI=1S/C14H24ClNO2/c1-11-3-2-4-13(11)14(17)16-8-5-12(6-9-16)18-10-7-15/h11-13H,2-10H2,1H3. The molecule has 2 fully saturated rings. The van der Waals surface area contributed by atoms with Crippen LogP contribution in [-0.2, 0) is 9.53 Å². The van der Waals surface area contributed by atoms with Gasteiger partial charge in [-0.15, -0.1) is 11.6 Å². The summed E-state index contributed by atoms with van der Waals surface area (Å²) in [7, 11) is 0. The van der Waals surface area contributed by atoms with E-state index in [1.165, 1.54) is 12.8 Å². The van der Waals surface area contributed by atoms with Crippen LogP contribution < -0.4 is 0 Å². The van der Waals surface area contributed by atoms with Crippen molar-refractivity contribution >= 4 is 17.5 Å². The fourth-order valence-corrected chi connectivity index (χ4v) is 3.29. The molecule has 0 spiro atoms. The SMILES string of the molecule is CC1CCCC1C(=O)N1CCC(OCCCl)CC1. The number of carbonyl (C=O) groups is 1. The minimum absolute atomic E-state index is 0.283. The summed E-state index contributed by atoms with van der Waals surface area (Å²) >= 11 is 5.61. The van der Waals surface area contributed by atoms with E-state index in [0.717, 1.165) is 32.4 Å². The van der Waals surface area contributed by atoms with Crippen LogP contribution in [0.1, 0.15) is 39.0 Å². The van der Waals surface area contributed by atoms with Crippen LogP contribution in [0.5, 0.6) is 0 Å². The lowest BCUT2D eigenvalue weighted by molar-refractivity contribution is -0.139. The normalized spacial score (nSPS) is 29.8. The highest BCUT2D eigenvalue weighted by Gasteiger charge is 2.34. The molecule has 4 heteroatoms.